The van der Waals surface area contributed by atoms with Gasteiger partial charge in [-0.2, -0.15) is 0 Å². The zero-order valence-corrected chi connectivity index (χ0v) is 16.7. The Hall–Kier alpha value is -1.44. The van der Waals surface area contributed by atoms with Crippen molar-refractivity contribution in [3.63, 3.8) is 0 Å². The lowest BCUT2D eigenvalue weighted by Crippen LogP contribution is -2.49. The summed E-state index contributed by atoms with van der Waals surface area (Å²) in [6, 6.07) is 2.17. The molecule has 1 aromatic heterocycles. The number of likely N-dealkylation sites (tertiary alicyclic amines) is 2. The van der Waals surface area contributed by atoms with Gasteiger partial charge in [-0.25, -0.2) is 4.79 Å². The lowest BCUT2D eigenvalue weighted by Gasteiger charge is -2.44. The molecule has 0 radical (unpaired) electrons. The Bertz CT molecular complexity index is 724. The summed E-state index contributed by atoms with van der Waals surface area (Å²) in [5, 5.41) is 9.33. The second-order valence-electron chi connectivity index (χ2n) is 8.06. The number of amides is 1. The second-order valence-corrected chi connectivity index (χ2v) is 9.20. The average Bonchev–Trinajstić information content (AvgIpc) is 3.11. The van der Waals surface area contributed by atoms with Crippen molar-refractivity contribution < 1.29 is 19.4 Å². The molecule has 1 N–H and O–H groups in total. The number of aromatic carboxylic acids is 1. The first kappa shape index (κ1) is 18.9. The van der Waals surface area contributed by atoms with Crippen molar-refractivity contribution in [1.82, 2.24) is 9.80 Å². The van der Waals surface area contributed by atoms with Crippen molar-refractivity contribution >= 4 is 23.2 Å². The highest BCUT2D eigenvalue weighted by Gasteiger charge is 2.43. The maximum atomic E-state index is 12.8. The summed E-state index contributed by atoms with van der Waals surface area (Å²) in [6.45, 7) is 3.09. The zero-order chi connectivity index (χ0) is 19.0. The summed E-state index contributed by atoms with van der Waals surface area (Å²) in [5.74, 6) is -0.620. The van der Waals surface area contributed by atoms with Crippen LogP contribution in [-0.4, -0.2) is 66.1 Å². The van der Waals surface area contributed by atoms with Crippen LogP contribution < -0.4 is 0 Å². The Morgan fingerprint density at radius 3 is 2.78 bits per heavy atom. The van der Waals surface area contributed by atoms with E-state index < -0.39 is 11.6 Å². The Morgan fingerprint density at radius 2 is 2.07 bits per heavy atom. The summed E-state index contributed by atoms with van der Waals surface area (Å²) in [4.78, 5) is 30.0. The molecule has 2 fully saturated rings. The van der Waals surface area contributed by atoms with Crippen LogP contribution in [0.4, 0.5) is 0 Å². The first-order valence-electron chi connectivity index (χ1n) is 9.97. The van der Waals surface area contributed by atoms with Crippen LogP contribution >= 0.6 is 11.3 Å². The van der Waals surface area contributed by atoms with Gasteiger partial charge in [-0.05, 0) is 50.9 Å². The third-order valence-corrected chi connectivity index (χ3v) is 7.66. The molecule has 1 amide bonds. The molecule has 7 heteroatoms. The standard InChI is InChI=1S/C20H28N2O4S/c1-21-8-3-2-4-14(21)12-18(23)22-9-6-20(7-10-22)15-13-17(19(24)25)27-16(15)5-11-26-20/h13-14H,2-12H2,1H3,(H,24,25). The number of rotatable bonds is 3. The summed E-state index contributed by atoms with van der Waals surface area (Å²) in [5.41, 5.74) is 0.645. The SMILES string of the molecule is CN1CCCCC1CC(=O)N1CCC2(CC1)OCCc1sc(C(=O)O)cc12. The van der Waals surface area contributed by atoms with Gasteiger partial charge in [-0.15, -0.1) is 11.3 Å². The first-order valence-corrected chi connectivity index (χ1v) is 10.8. The lowest BCUT2D eigenvalue weighted by atomic mass is 9.82. The Balaban J connectivity index is 1.42. The van der Waals surface area contributed by atoms with E-state index in [9.17, 15) is 14.7 Å². The molecular formula is C20H28N2O4S. The molecule has 1 spiro atoms. The number of thiophene rings is 1. The van der Waals surface area contributed by atoms with Gasteiger partial charge in [-0.3, -0.25) is 4.79 Å². The number of carboxylic acids is 1. The summed E-state index contributed by atoms with van der Waals surface area (Å²) >= 11 is 1.38. The minimum Gasteiger partial charge on any atom is -0.477 e. The number of piperidine rings is 2. The monoisotopic (exact) mass is 392 g/mol. The predicted octanol–water partition coefficient (Wildman–Crippen LogP) is 2.71. The fourth-order valence-corrected chi connectivity index (χ4v) is 5.86. The average molecular weight is 393 g/mol. The molecular weight excluding hydrogens is 364 g/mol. The van der Waals surface area contributed by atoms with Crippen molar-refractivity contribution in [1.29, 1.82) is 0 Å². The zero-order valence-electron chi connectivity index (χ0n) is 15.9. The van der Waals surface area contributed by atoms with Crippen molar-refractivity contribution in [2.24, 2.45) is 0 Å². The third-order valence-electron chi connectivity index (χ3n) is 6.47. The van der Waals surface area contributed by atoms with E-state index in [0.29, 0.717) is 37.0 Å². The molecule has 0 saturated carbocycles. The van der Waals surface area contributed by atoms with Gasteiger partial charge < -0.3 is 19.6 Å². The van der Waals surface area contributed by atoms with Crippen molar-refractivity contribution in [3.8, 4) is 0 Å². The minimum atomic E-state index is -0.867. The van der Waals surface area contributed by atoms with Crippen LogP contribution in [0, 0.1) is 0 Å². The van der Waals surface area contributed by atoms with E-state index in [1.807, 2.05) is 4.90 Å². The molecule has 1 unspecified atom stereocenters. The molecule has 0 aliphatic carbocycles. The van der Waals surface area contributed by atoms with E-state index in [1.54, 1.807) is 6.07 Å². The Labute approximate surface area is 164 Å². The summed E-state index contributed by atoms with van der Waals surface area (Å²) in [7, 11) is 2.12. The van der Waals surface area contributed by atoms with Gasteiger partial charge >= 0.3 is 5.97 Å². The number of carboxylic acid groups (broad SMARTS) is 1. The number of hydrogen-bond acceptors (Lipinski definition) is 5. The summed E-state index contributed by atoms with van der Waals surface area (Å²) < 4.78 is 6.19. The van der Waals surface area contributed by atoms with Gasteiger partial charge in [0.15, 0.2) is 0 Å². The van der Waals surface area contributed by atoms with Crippen molar-refractivity contribution in [3.05, 3.63) is 21.4 Å². The summed E-state index contributed by atoms with van der Waals surface area (Å²) in [6.07, 6.45) is 6.45. The van der Waals surface area contributed by atoms with Crippen LogP contribution in [0.2, 0.25) is 0 Å². The topological polar surface area (TPSA) is 70.1 Å². The Kier molecular flexibility index (Phi) is 5.27. The van der Waals surface area contributed by atoms with Gasteiger partial charge in [0.2, 0.25) is 5.91 Å². The quantitative estimate of drug-likeness (QED) is 0.856. The van der Waals surface area contributed by atoms with E-state index in [0.717, 1.165) is 42.7 Å². The normalized spacial score (nSPS) is 25.4. The van der Waals surface area contributed by atoms with E-state index in [-0.39, 0.29) is 5.91 Å². The molecule has 1 atom stereocenters. The lowest BCUT2D eigenvalue weighted by molar-refractivity contribution is -0.142. The van der Waals surface area contributed by atoms with Crippen molar-refractivity contribution in [2.75, 3.05) is 33.3 Å². The fourth-order valence-electron chi connectivity index (χ4n) is 4.79. The maximum Gasteiger partial charge on any atom is 0.345 e. The molecule has 148 valence electrons. The molecule has 0 bridgehead atoms. The molecule has 3 aliphatic heterocycles. The highest BCUT2D eigenvalue weighted by molar-refractivity contribution is 7.14. The predicted molar refractivity (Wildman–Crippen MR) is 103 cm³/mol. The van der Waals surface area contributed by atoms with Crippen LogP contribution in [0.5, 0.6) is 0 Å². The van der Waals surface area contributed by atoms with Gasteiger partial charge in [0.05, 0.1) is 12.2 Å². The van der Waals surface area contributed by atoms with Crippen LogP contribution in [0.3, 0.4) is 0 Å². The van der Waals surface area contributed by atoms with Gasteiger partial charge in [0, 0.05) is 36.9 Å². The smallest absolute Gasteiger partial charge is 0.345 e. The van der Waals surface area contributed by atoms with E-state index in [2.05, 4.69) is 11.9 Å². The third kappa shape index (κ3) is 3.65. The number of nitrogens with zero attached hydrogens (tertiary/aromatic N) is 2. The molecule has 4 heterocycles. The Morgan fingerprint density at radius 1 is 1.30 bits per heavy atom. The number of hydrogen-bond donors (Lipinski definition) is 1. The van der Waals surface area contributed by atoms with Crippen LogP contribution in [0.1, 0.15) is 58.6 Å². The van der Waals surface area contributed by atoms with E-state index >= 15 is 0 Å². The maximum absolute atomic E-state index is 12.8. The van der Waals surface area contributed by atoms with Gasteiger partial charge in [-0.1, -0.05) is 6.42 Å². The highest BCUT2D eigenvalue weighted by atomic mass is 32.1. The number of fused-ring (bicyclic) bond motifs is 2. The molecule has 0 aromatic carbocycles. The van der Waals surface area contributed by atoms with Crippen LogP contribution in [0.25, 0.3) is 0 Å². The largest absolute Gasteiger partial charge is 0.477 e. The highest BCUT2D eigenvalue weighted by Crippen LogP contribution is 2.44. The number of carbonyl (C=O) groups excluding carboxylic acids is 1. The van der Waals surface area contributed by atoms with Gasteiger partial charge in [0.1, 0.15) is 4.88 Å². The van der Waals surface area contributed by atoms with Crippen molar-refractivity contribution in [2.45, 2.75) is 56.6 Å². The van der Waals surface area contributed by atoms with E-state index in [1.165, 1.54) is 24.2 Å². The van der Waals surface area contributed by atoms with E-state index in [4.69, 9.17) is 4.74 Å². The van der Waals surface area contributed by atoms with Crippen LogP contribution in [-0.2, 0) is 21.6 Å². The number of ether oxygens (including phenoxy) is 1. The van der Waals surface area contributed by atoms with Crippen LogP contribution in [0.15, 0.2) is 6.07 Å². The fraction of sp³-hybridized carbons (Fsp3) is 0.700. The molecule has 4 rings (SSSR count). The molecule has 2 saturated heterocycles. The first-order chi connectivity index (χ1) is 13.0. The number of carbonyl (C=O) groups is 2. The molecule has 1 aromatic rings. The molecule has 27 heavy (non-hydrogen) atoms. The second kappa shape index (κ2) is 7.53. The van der Waals surface area contributed by atoms with Gasteiger partial charge in [0.25, 0.3) is 0 Å². The molecule has 6 nitrogen and oxygen atoms in total. The molecule has 3 aliphatic rings. The minimum absolute atomic E-state index is 0.246.